The molecule has 0 aliphatic heterocycles. The van der Waals surface area contributed by atoms with Gasteiger partial charge in [-0.15, -0.1) is 0 Å². The molecular weight excluding hydrogens is 468 g/mol. The van der Waals surface area contributed by atoms with Crippen LogP contribution in [0, 0.1) is 0 Å². The molecule has 3 rings (SSSR count). The number of ether oxygens (including phenoxy) is 5. The number of methoxy groups -OCH3 is 5. The summed E-state index contributed by atoms with van der Waals surface area (Å²) < 4.78 is 26.8. The van der Waals surface area contributed by atoms with E-state index in [1.165, 1.54) is 28.4 Å². The van der Waals surface area contributed by atoms with Crippen molar-refractivity contribution in [2.45, 2.75) is 0 Å². The fraction of sp³-hybridized carbons (Fsp3) is 0.217. The number of esters is 2. The smallest absolute Gasteiger partial charge is 0.339 e. The number of halogens is 1. The van der Waals surface area contributed by atoms with Gasteiger partial charge in [-0.1, -0.05) is 6.07 Å². The van der Waals surface area contributed by atoms with Crippen molar-refractivity contribution in [3.05, 3.63) is 52.0 Å². The van der Waals surface area contributed by atoms with Crippen molar-refractivity contribution in [3.63, 3.8) is 0 Å². The highest BCUT2D eigenvalue weighted by Gasteiger charge is 2.27. The number of benzene rings is 3. The Kier molecular flexibility index (Phi) is 6.70. The maximum absolute atomic E-state index is 12.9. The van der Waals surface area contributed by atoms with Gasteiger partial charge < -0.3 is 23.7 Å². The van der Waals surface area contributed by atoms with Gasteiger partial charge in [-0.05, 0) is 62.6 Å². The third-order valence-corrected chi connectivity index (χ3v) is 5.45. The lowest BCUT2D eigenvalue weighted by molar-refractivity contribution is 0.0556. The van der Waals surface area contributed by atoms with E-state index in [4.69, 9.17) is 23.7 Å². The first-order valence-electron chi connectivity index (χ1n) is 9.13. The molecule has 7 nitrogen and oxygen atoms in total. The standard InChI is InChI=1S/C23H21BrO7/c1-27-14-6-7-15-12(8-14)9-16(22(25)30-4)20(23(26)31-5)19(15)13-10-17(24)21(29-3)18(11-13)28-2/h6-11H,1-5H3. The molecule has 0 unspecified atom stereocenters. The van der Waals surface area contributed by atoms with Gasteiger partial charge >= 0.3 is 11.9 Å². The van der Waals surface area contributed by atoms with E-state index in [-0.39, 0.29) is 11.1 Å². The molecule has 0 aliphatic rings. The van der Waals surface area contributed by atoms with Gasteiger partial charge in [0.1, 0.15) is 5.75 Å². The van der Waals surface area contributed by atoms with Gasteiger partial charge in [0, 0.05) is 5.56 Å². The van der Waals surface area contributed by atoms with Crippen LogP contribution in [0.15, 0.2) is 40.9 Å². The van der Waals surface area contributed by atoms with Gasteiger partial charge in [0.05, 0.1) is 51.1 Å². The molecule has 0 heterocycles. The van der Waals surface area contributed by atoms with Crippen molar-refractivity contribution in [1.29, 1.82) is 0 Å². The zero-order valence-electron chi connectivity index (χ0n) is 17.7. The summed E-state index contributed by atoms with van der Waals surface area (Å²) in [5.41, 5.74) is 1.28. The van der Waals surface area contributed by atoms with Crippen LogP contribution in [0.5, 0.6) is 17.2 Å². The Bertz CT molecular complexity index is 1170. The van der Waals surface area contributed by atoms with Crippen molar-refractivity contribution < 1.29 is 33.3 Å². The molecule has 0 aromatic heterocycles. The predicted octanol–water partition coefficient (Wildman–Crippen LogP) is 4.87. The van der Waals surface area contributed by atoms with E-state index in [0.717, 1.165) is 0 Å². The van der Waals surface area contributed by atoms with Gasteiger partial charge in [-0.3, -0.25) is 0 Å². The van der Waals surface area contributed by atoms with Crippen LogP contribution in [-0.4, -0.2) is 47.5 Å². The van der Waals surface area contributed by atoms with E-state index in [2.05, 4.69) is 15.9 Å². The largest absolute Gasteiger partial charge is 0.497 e. The predicted molar refractivity (Wildman–Crippen MR) is 119 cm³/mol. The second kappa shape index (κ2) is 9.26. The lowest BCUT2D eigenvalue weighted by Gasteiger charge is -2.18. The average molecular weight is 489 g/mol. The van der Waals surface area contributed by atoms with Crippen molar-refractivity contribution in [2.24, 2.45) is 0 Å². The first-order valence-corrected chi connectivity index (χ1v) is 9.92. The fourth-order valence-electron chi connectivity index (χ4n) is 3.46. The van der Waals surface area contributed by atoms with Gasteiger partial charge in [0.25, 0.3) is 0 Å². The van der Waals surface area contributed by atoms with Crippen LogP contribution >= 0.6 is 15.9 Å². The van der Waals surface area contributed by atoms with Crippen LogP contribution in [-0.2, 0) is 9.47 Å². The second-order valence-corrected chi connectivity index (χ2v) is 7.29. The number of hydrogen-bond acceptors (Lipinski definition) is 7. The van der Waals surface area contributed by atoms with E-state index < -0.39 is 11.9 Å². The van der Waals surface area contributed by atoms with Crippen molar-refractivity contribution in [3.8, 4) is 28.4 Å². The Labute approximate surface area is 187 Å². The van der Waals surface area contributed by atoms with E-state index in [1.807, 2.05) is 6.07 Å². The topological polar surface area (TPSA) is 80.3 Å². The van der Waals surface area contributed by atoms with Crippen LogP contribution in [0.1, 0.15) is 20.7 Å². The zero-order chi connectivity index (χ0) is 22.7. The zero-order valence-corrected chi connectivity index (χ0v) is 19.3. The van der Waals surface area contributed by atoms with E-state index >= 15 is 0 Å². The van der Waals surface area contributed by atoms with E-state index in [1.54, 1.807) is 37.4 Å². The minimum absolute atomic E-state index is 0.0796. The maximum Gasteiger partial charge on any atom is 0.339 e. The summed E-state index contributed by atoms with van der Waals surface area (Å²) >= 11 is 3.49. The lowest BCUT2D eigenvalue weighted by atomic mass is 9.89. The van der Waals surface area contributed by atoms with E-state index in [0.29, 0.717) is 43.6 Å². The Morgan fingerprint density at radius 2 is 1.52 bits per heavy atom. The molecule has 0 bridgehead atoms. The van der Waals surface area contributed by atoms with Crippen LogP contribution in [0.2, 0.25) is 0 Å². The molecule has 0 saturated heterocycles. The molecule has 0 aliphatic carbocycles. The second-order valence-electron chi connectivity index (χ2n) is 6.44. The highest BCUT2D eigenvalue weighted by atomic mass is 79.9. The summed E-state index contributed by atoms with van der Waals surface area (Å²) in [4.78, 5) is 25.5. The number of hydrogen-bond donors (Lipinski definition) is 0. The van der Waals surface area contributed by atoms with Crippen molar-refractivity contribution >= 4 is 38.6 Å². The summed E-state index contributed by atoms with van der Waals surface area (Å²) in [6.45, 7) is 0. The number of carbonyl (C=O) groups excluding carboxylic acids is 2. The molecule has 162 valence electrons. The quantitative estimate of drug-likeness (QED) is 0.457. The Balaban J connectivity index is 2.52. The summed E-state index contributed by atoms with van der Waals surface area (Å²) in [5.74, 6) is 0.229. The molecule has 0 saturated carbocycles. The van der Waals surface area contributed by atoms with Gasteiger partial charge in [0.15, 0.2) is 11.5 Å². The summed E-state index contributed by atoms with van der Waals surface area (Å²) in [7, 11) is 7.12. The van der Waals surface area contributed by atoms with Crippen molar-refractivity contribution in [2.75, 3.05) is 35.5 Å². The molecule has 0 fully saturated rings. The summed E-state index contributed by atoms with van der Waals surface area (Å²) in [6, 6.07) is 10.5. The molecule has 3 aromatic rings. The summed E-state index contributed by atoms with van der Waals surface area (Å²) in [6.07, 6.45) is 0. The first-order chi connectivity index (χ1) is 14.9. The normalized spacial score (nSPS) is 10.5. The van der Waals surface area contributed by atoms with Crippen LogP contribution in [0.4, 0.5) is 0 Å². The van der Waals surface area contributed by atoms with Crippen LogP contribution < -0.4 is 14.2 Å². The number of carbonyl (C=O) groups is 2. The molecule has 0 atom stereocenters. The molecule has 0 N–H and O–H groups in total. The van der Waals surface area contributed by atoms with Gasteiger partial charge in [-0.25, -0.2) is 9.59 Å². The first kappa shape index (κ1) is 22.4. The minimum atomic E-state index is -0.668. The molecule has 0 spiro atoms. The average Bonchev–Trinajstić information content (AvgIpc) is 2.80. The molecular formula is C23H21BrO7. The SMILES string of the molecule is COC(=O)c1cc2cc(OC)ccc2c(-c2cc(Br)c(OC)c(OC)c2)c1C(=O)OC. The summed E-state index contributed by atoms with van der Waals surface area (Å²) in [5, 5.41) is 1.40. The van der Waals surface area contributed by atoms with Gasteiger partial charge in [0.2, 0.25) is 0 Å². The van der Waals surface area contributed by atoms with Gasteiger partial charge in [-0.2, -0.15) is 0 Å². The Hall–Kier alpha value is -3.26. The number of rotatable bonds is 6. The third-order valence-electron chi connectivity index (χ3n) is 4.86. The minimum Gasteiger partial charge on any atom is -0.497 e. The maximum atomic E-state index is 12.9. The van der Waals surface area contributed by atoms with Crippen LogP contribution in [0.3, 0.4) is 0 Å². The number of fused-ring (bicyclic) bond motifs is 1. The Morgan fingerprint density at radius 3 is 2.10 bits per heavy atom. The molecule has 0 radical (unpaired) electrons. The molecule has 0 amide bonds. The third kappa shape index (κ3) is 4.03. The monoisotopic (exact) mass is 488 g/mol. The molecule has 8 heteroatoms. The molecule has 31 heavy (non-hydrogen) atoms. The Morgan fingerprint density at radius 1 is 0.806 bits per heavy atom. The van der Waals surface area contributed by atoms with Crippen LogP contribution in [0.25, 0.3) is 21.9 Å². The van der Waals surface area contributed by atoms with E-state index in [9.17, 15) is 9.59 Å². The fourth-order valence-corrected chi connectivity index (χ4v) is 4.06. The lowest BCUT2D eigenvalue weighted by Crippen LogP contribution is -2.14. The molecule has 3 aromatic carbocycles. The highest BCUT2D eigenvalue weighted by Crippen LogP contribution is 2.43. The van der Waals surface area contributed by atoms with Crippen molar-refractivity contribution in [1.82, 2.24) is 0 Å². The highest BCUT2D eigenvalue weighted by molar-refractivity contribution is 9.10.